The number of guanidine groups is 1. The Kier molecular flexibility index (Phi) is 7.29. The van der Waals surface area contributed by atoms with Crippen molar-refractivity contribution in [1.82, 2.24) is 14.8 Å². The number of aliphatic imine (C=N–C) groups is 1. The zero-order valence-electron chi connectivity index (χ0n) is 16.2. The monoisotopic (exact) mass is 436 g/mol. The molecule has 27 heavy (non-hydrogen) atoms. The van der Waals surface area contributed by atoms with E-state index in [1.807, 2.05) is 31.3 Å². The molecule has 2 aromatic rings. The van der Waals surface area contributed by atoms with Crippen LogP contribution in [-0.4, -0.2) is 49.7 Å². The van der Waals surface area contributed by atoms with E-state index in [4.69, 9.17) is 9.47 Å². The number of esters is 1. The average molecular weight is 437 g/mol. The van der Waals surface area contributed by atoms with Gasteiger partial charge in [0, 0.05) is 44.1 Å². The van der Waals surface area contributed by atoms with Crippen molar-refractivity contribution in [2.24, 2.45) is 12.0 Å². The van der Waals surface area contributed by atoms with Gasteiger partial charge in [0.25, 0.3) is 0 Å². The number of aromatic nitrogens is 1. The summed E-state index contributed by atoms with van der Waals surface area (Å²) in [5.74, 6) is 0.814. The lowest BCUT2D eigenvalue weighted by Gasteiger charge is -2.22. The molecule has 0 atom stereocenters. The Morgan fingerprint density at radius 1 is 1.33 bits per heavy atom. The first-order valence-electron chi connectivity index (χ1n) is 8.37. The van der Waals surface area contributed by atoms with Crippen LogP contribution in [0.25, 0.3) is 0 Å². The van der Waals surface area contributed by atoms with E-state index in [9.17, 15) is 4.79 Å². The van der Waals surface area contributed by atoms with Gasteiger partial charge in [-0.2, -0.15) is 0 Å². The third kappa shape index (κ3) is 5.26. The molecule has 0 saturated carbocycles. The zero-order chi connectivity index (χ0) is 20.0. The highest BCUT2D eigenvalue weighted by atomic mass is 79.9. The quantitative estimate of drug-likeness (QED) is 0.428. The molecule has 1 N–H and O–H groups in total. The zero-order valence-corrected chi connectivity index (χ0v) is 17.8. The van der Waals surface area contributed by atoms with E-state index >= 15 is 0 Å². The fourth-order valence-electron chi connectivity index (χ4n) is 2.74. The van der Waals surface area contributed by atoms with Crippen LogP contribution in [0.2, 0.25) is 0 Å². The minimum atomic E-state index is -0.426. The molecule has 0 spiro atoms. The van der Waals surface area contributed by atoms with Gasteiger partial charge in [-0.05, 0) is 39.7 Å². The van der Waals surface area contributed by atoms with Crippen molar-refractivity contribution in [3.63, 3.8) is 0 Å². The minimum Gasteiger partial charge on any atom is -0.496 e. The van der Waals surface area contributed by atoms with Gasteiger partial charge in [0.2, 0.25) is 0 Å². The van der Waals surface area contributed by atoms with Crippen LogP contribution < -0.4 is 10.1 Å². The van der Waals surface area contributed by atoms with Crippen molar-refractivity contribution in [2.75, 3.05) is 28.3 Å². The Balaban J connectivity index is 2.07. The molecular formula is C19H25BrN4O3. The summed E-state index contributed by atoms with van der Waals surface area (Å²) in [6.07, 6.45) is 2.02. The number of nitrogens with zero attached hydrogens (tertiary/aromatic N) is 3. The van der Waals surface area contributed by atoms with Crippen LogP contribution >= 0.6 is 15.9 Å². The van der Waals surface area contributed by atoms with Gasteiger partial charge in [-0.15, -0.1) is 0 Å². The van der Waals surface area contributed by atoms with Gasteiger partial charge in [0.15, 0.2) is 5.96 Å². The fourth-order valence-corrected chi connectivity index (χ4v) is 3.31. The second-order valence-corrected chi connectivity index (χ2v) is 6.96. The van der Waals surface area contributed by atoms with Crippen molar-refractivity contribution in [1.29, 1.82) is 0 Å². The summed E-state index contributed by atoms with van der Waals surface area (Å²) in [4.78, 5) is 18.3. The number of hydrogen-bond acceptors (Lipinski definition) is 4. The molecule has 0 aliphatic heterocycles. The average Bonchev–Trinajstić information content (AvgIpc) is 2.98. The summed E-state index contributed by atoms with van der Waals surface area (Å²) < 4.78 is 13.2. The molecule has 1 aromatic carbocycles. The highest BCUT2D eigenvalue weighted by Crippen LogP contribution is 2.21. The molecule has 1 heterocycles. The number of ether oxygens (including phenoxy) is 2. The molecule has 0 unspecified atom stereocenters. The molecule has 1 aromatic heterocycles. The number of carbonyl (C=O) groups excluding carboxylic acids is 1. The van der Waals surface area contributed by atoms with Crippen LogP contribution in [-0.2, 0) is 24.9 Å². The summed E-state index contributed by atoms with van der Waals surface area (Å²) in [6.45, 7) is 1.22. The molecule has 8 heteroatoms. The summed E-state index contributed by atoms with van der Waals surface area (Å²) in [5, 5.41) is 3.32. The van der Waals surface area contributed by atoms with Crippen LogP contribution in [0.15, 0.2) is 39.9 Å². The maximum Gasteiger partial charge on any atom is 0.341 e. The van der Waals surface area contributed by atoms with Crippen molar-refractivity contribution < 1.29 is 14.3 Å². The number of carbonyl (C=O) groups is 1. The largest absolute Gasteiger partial charge is 0.496 e. The molecular weight excluding hydrogens is 412 g/mol. The van der Waals surface area contributed by atoms with E-state index in [1.165, 1.54) is 14.2 Å². The molecule has 0 bridgehead atoms. The van der Waals surface area contributed by atoms with Crippen LogP contribution in [0, 0.1) is 0 Å². The van der Waals surface area contributed by atoms with E-state index in [0.29, 0.717) is 24.4 Å². The van der Waals surface area contributed by atoms with E-state index < -0.39 is 5.97 Å². The fraction of sp³-hybridized carbons (Fsp3) is 0.368. The van der Waals surface area contributed by atoms with Gasteiger partial charge < -0.3 is 24.3 Å². The molecule has 0 radical (unpaired) electrons. The van der Waals surface area contributed by atoms with Crippen molar-refractivity contribution in [3.8, 4) is 5.75 Å². The highest BCUT2D eigenvalue weighted by Gasteiger charge is 2.14. The number of halogens is 1. The van der Waals surface area contributed by atoms with Gasteiger partial charge in [-0.1, -0.05) is 6.07 Å². The number of nitrogens with one attached hydrogen (secondary N) is 1. The molecule has 0 aliphatic rings. The lowest BCUT2D eigenvalue weighted by molar-refractivity contribution is 0.0597. The number of hydrogen-bond donors (Lipinski definition) is 1. The molecule has 0 aliphatic carbocycles. The van der Waals surface area contributed by atoms with Crippen molar-refractivity contribution in [3.05, 3.63) is 51.8 Å². The second-order valence-electron chi connectivity index (χ2n) is 6.04. The summed E-state index contributed by atoms with van der Waals surface area (Å²) >= 11 is 3.49. The molecule has 0 fully saturated rings. The van der Waals surface area contributed by atoms with Crippen LogP contribution in [0.3, 0.4) is 0 Å². The number of aryl methyl sites for hydroxylation is 1. The van der Waals surface area contributed by atoms with E-state index in [-0.39, 0.29) is 0 Å². The first-order chi connectivity index (χ1) is 12.9. The Bertz CT molecular complexity index is 832. The van der Waals surface area contributed by atoms with Crippen molar-refractivity contribution >= 4 is 27.9 Å². The van der Waals surface area contributed by atoms with Crippen LogP contribution in [0.1, 0.15) is 21.6 Å². The summed E-state index contributed by atoms with van der Waals surface area (Å²) in [6, 6.07) is 7.51. The van der Waals surface area contributed by atoms with Gasteiger partial charge in [-0.3, -0.25) is 4.99 Å². The normalized spacial score (nSPS) is 11.3. The predicted molar refractivity (Wildman–Crippen MR) is 109 cm³/mol. The van der Waals surface area contributed by atoms with Gasteiger partial charge in [0.1, 0.15) is 11.3 Å². The first-order valence-corrected chi connectivity index (χ1v) is 9.16. The summed E-state index contributed by atoms with van der Waals surface area (Å²) in [7, 11) is 8.61. The topological polar surface area (TPSA) is 68.1 Å². The van der Waals surface area contributed by atoms with E-state index in [2.05, 4.69) is 36.9 Å². The lowest BCUT2D eigenvalue weighted by atomic mass is 10.1. The number of benzene rings is 1. The van der Waals surface area contributed by atoms with Gasteiger partial charge in [-0.25, -0.2) is 4.79 Å². The van der Waals surface area contributed by atoms with Crippen LogP contribution in [0.4, 0.5) is 0 Å². The van der Waals surface area contributed by atoms with Crippen molar-refractivity contribution in [2.45, 2.75) is 13.1 Å². The van der Waals surface area contributed by atoms with Crippen LogP contribution in [0.5, 0.6) is 5.75 Å². The predicted octanol–water partition coefficient (Wildman–Crippen LogP) is 2.79. The molecule has 7 nitrogen and oxygen atoms in total. The Hall–Kier alpha value is -2.48. The number of methoxy groups -OCH3 is 2. The highest BCUT2D eigenvalue weighted by molar-refractivity contribution is 9.10. The molecule has 2 rings (SSSR count). The van der Waals surface area contributed by atoms with E-state index in [0.717, 1.165) is 21.7 Å². The maximum absolute atomic E-state index is 11.9. The molecule has 0 saturated heterocycles. The van der Waals surface area contributed by atoms with E-state index in [1.54, 1.807) is 19.2 Å². The molecule has 146 valence electrons. The maximum atomic E-state index is 11.9. The third-order valence-corrected chi connectivity index (χ3v) is 4.60. The number of rotatable bonds is 6. The standard InChI is InChI=1S/C19H25BrN4O3/c1-21-19(24(3)12-15-9-14(20)11-23(15)2)22-10-13-6-7-17(26-4)16(8-13)18(25)27-5/h6-9,11H,10,12H2,1-5H3,(H,21,22). The lowest BCUT2D eigenvalue weighted by Crippen LogP contribution is -2.38. The third-order valence-electron chi connectivity index (χ3n) is 4.17. The van der Waals surface area contributed by atoms with Gasteiger partial charge in [0.05, 0.1) is 20.8 Å². The first kappa shape index (κ1) is 20.8. The molecule has 0 amide bonds. The SMILES string of the molecule is CN=C(NCc1ccc(OC)c(C(=O)OC)c1)N(C)Cc1cc(Br)cn1C. The Labute approximate surface area is 168 Å². The second kappa shape index (κ2) is 9.45. The Morgan fingerprint density at radius 3 is 2.63 bits per heavy atom. The Morgan fingerprint density at radius 2 is 2.07 bits per heavy atom. The van der Waals surface area contributed by atoms with Gasteiger partial charge >= 0.3 is 5.97 Å². The smallest absolute Gasteiger partial charge is 0.341 e. The minimum absolute atomic E-state index is 0.399. The summed E-state index contributed by atoms with van der Waals surface area (Å²) in [5.41, 5.74) is 2.48.